The number of benzene rings is 3. The van der Waals surface area contributed by atoms with Gasteiger partial charge in [0.25, 0.3) is 0 Å². The summed E-state index contributed by atoms with van der Waals surface area (Å²) < 4.78 is 20.0. The smallest absolute Gasteiger partial charge is 0.249 e. The molecule has 2 unspecified atom stereocenters. The summed E-state index contributed by atoms with van der Waals surface area (Å²) in [5, 5.41) is 17.9. The Hall–Kier alpha value is -5.22. The lowest BCUT2D eigenvalue weighted by atomic mass is 9.72. The maximum absolute atomic E-state index is 14.2. The number of para-hydroxylation sites is 1. The van der Waals surface area contributed by atoms with E-state index in [1.807, 2.05) is 80.6 Å². The van der Waals surface area contributed by atoms with Crippen molar-refractivity contribution in [1.82, 2.24) is 15.3 Å². The zero-order chi connectivity index (χ0) is 34.8. The molecule has 0 saturated carbocycles. The number of ketones is 1. The average molecular weight is 673 g/mol. The Bertz CT molecular complexity index is 2100. The minimum atomic E-state index is -1.50. The van der Waals surface area contributed by atoms with Crippen molar-refractivity contribution in [1.29, 1.82) is 0 Å². The fourth-order valence-electron chi connectivity index (χ4n) is 7.74. The van der Waals surface area contributed by atoms with Gasteiger partial charge in [0, 0.05) is 29.2 Å². The molecule has 4 atom stereocenters. The summed E-state index contributed by atoms with van der Waals surface area (Å²) in [4.78, 5) is 37.6. The summed E-state index contributed by atoms with van der Waals surface area (Å²) in [6, 6.07) is 23.0. The lowest BCUT2D eigenvalue weighted by Gasteiger charge is -2.29. The van der Waals surface area contributed by atoms with Crippen LogP contribution < -0.4 is 15.4 Å². The normalized spacial score (nSPS) is 22.1. The molecule has 3 aliphatic heterocycles. The zero-order valence-electron chi connectivity index (χ0n) is 28.5. The van der Waals surface area contributed by atoms with Crippen molar-refractivity contribution < 1.29 is 28.3 Å². The highest BCUT2D eigenvalue weighted by molar-refractivity contribution is 5.92. The number of aliphatic hydroxyl groups is 1. The van der Waals surface area contributed by atoms with Crippen LogP contribution in [0.3, 0.4) is 0 Å². The lowest BCUT2D eigenvalue weighted by Crippen LogP contribution is -2.43. The Morgan fingerprint density at radius 3 is 2.52 bits per heavy atom. The SMILES string of the molecule is CCC(O)(CC)C(=O)CC1Cc2ccc3c(c2)C2(c4ccccc4N[C@H]2O3)c2oc(nc2-c2ncc(-c3ccccc3)o2)[C@H](C(C)C)NC1=O. The Morgan fingerprint density at radius 2 is 1.76 bits per heavy atom. The van der Waals surface area contributed by atoms with Crippen LogP contribution in [0.25, 0.3) is 22.9 Å². The van der Waals surface area contributed by atoms with Gasteiger partial charge >= 0.3 is 0 Å². The summed E-state index contributed by atoms with van der Waals surface area (Å²) in [7, 11) is 0. The largest absolute Gasteiger partial charge is 0.469 e. The number of hydrogen-bond acceptors (Lipinski definition) is 9. The standard InChI is InChI=1S/C40H40N4O6/c1-5-39(47,6-2)31(45)20-25-18-23-16-17-29-27(19-23)40(26-14-10-11-15-28(26)42-38(40)49-29)34-33(44-37(50-34)32(22(3)4)43-35(25)46)36-41-21-30(48-36)24-12-8-7-9-13-24/h7-17,19,21-22,25,32,38,42,47H,5-6,18,20H2,1-4H3,(H,43,46)/t25?,32-,38-,40?/m0/s1. The predicted molar refractivity (Wildman–Crippen MR) is 186 cm³/mol. The molecule has 3 aromatic carbocycles. The monoisotopic (exact) mass is 672 g/mol. The molecule has 4 bridgehead atoms. The van der Waals surface area contributed by atoms with Crippen molar-refractivity contribution in [2.24, 2.45) is 11.8 Å². The molecule has 3 N–H and O–H groups in total. The van der Waals surface area contributed by atoms with E-state index in [0.29, 0.717) is 28.9 Å². The van der Waals surface area contributed by atoms with Gasteiger partial charge in [0.1, 0.15) is 22.8 Å². The number of carbonyl (C=O) groups excluding carboxylic acids is 2. The molecule has 8 rings (SSSR count). The molecule has 0 aliphatic carbocycles. The third-order valence-corrected chi connectivity index (χ3v) is 10.7. The number of Topliss-reactive ketones (excluding diaryl/α,β-unsaturated/α-hetero) is 1. The highest BCUT2D eigenvalue weighted by atomic mass is 16.5. The molecule has 5 aromatic rings. The molecular formula is C40H40N4O6. The van der Waals surface area contributed by atoms with Crippen LogP contribution in [0.1, 0.15) is 81.3 Å². The molecule has 10 heteroatoms. The molecule has 1 spiro atoms. The minimum absolute atomic E-state index is 0.110. The third-order valence-electron chi connectivity index (χ3n) is 10.7. The van der Waals surface area contributed by atoms with Gasteiger partial charge in [-0.3, -0.25) is 9.59 Å². The van der Waals surface area contributed by atoms with Crippen LogP contribution in [-0.4, -0.2) is 38.6 Å². The number of rotatable bonds is 8. The first-order chi connectivity index (χ1) is 24.2. The van der Waals surface area contributed by atoms with Gasteiger partial charge in [-0.25, -0.2) is 9.97 Å². The second-order valence-corrected chi connectivity index (χ2v) is 13.9. The number of aromatic nitrogens is 2. The Balaban J connectivity index is 1.35. The van der Waals surface area contributed by atoms with Crippen LogP contribution in [-0.2, 0) is 21.4 Å². The molecular weight excluding hydrogens is 632 g/mol. The average Bonchev–Trinajstić information content (AvgIpc) is 3.91. The number of hydrogen-bond donors (Lipinski definition) is 3. The summed E-state index contributed by atoms with van der Waals surface area (Å²) in [6.45, 7) is 7.54. The van der Waals surface area contributed by atoms with E-state index in [1.54, 1.807) is 20.0 Å². The van der Waals surface area contributed by atoms with Crippen LogP contribution in [0.15, 0.2) is 87.8 Å². The van der Waals surface area contributed by atoms with Crippen LogP contribution >= 0.6 is 0 Å². The van der Waals surface area contributed by atoms with Crippen molar-refractivity contribution in [3.05, 3.63) is 107 Å². The second-order valence-electron chi connectivity index (χ2n) is 13.9. The molecule has 5 heterocycles. The van der Waals surface area contributed by atoms with Crippen molar-refractivity contribution in [2.75, 3.05) is 5.32 Å². The van der Waals surface area contributed by atoms with Crippen LogP contribution in [0.5, 0.6) is 5.75 Å². The highest BCUT2D eigenvalue weighted by Crippen LogP contribution is 2.59. The molecule has 3 aliphatic rings. The van der Waals surface area contributed by atoms with E-state index in [9.17, 15) is 14.7 Å². The number of amides is 1. The third kappa shape index (κ3) is 4.87. The Kier molecular flexibility index (Phi) is 7.67. The number of oxazole rings is 2. The quantitative estimate of drug-likeness (QED) is 0.159. The minimum Gasteiger partial charge on any atom is -0.469 e. The van der Waals surface area contributed by atoms with Crippen LogP contribution in [0.2, 0.25) is 0 Å². The van der Waals surface area contributed by atoms with E-state index in [2.05, 4.69) is 16.7 Å². The number of anilines is 1. The topological polar surface area (TPSA) is 140 Å². The second kappa shape index (κ2) is 12.0. The van der Waals surface area contributed by atoms with Crippen molar-refractivity contribution in [2.45, 2.75) is 76.7 Å². The first-order valence-corrected chi connectivity index (χ1v) is 17.4. The maximum atomic E-state index is 14.2. The van der Waals surface area contributed by atoms with Gasteiger partial charge in [-0.05, 0) is 48.4 Å². The van der Waals surface area contributed by atoms with Gasteiger partial charge in [-0.1, -0.05) is 88.4 Å². The predicted octanol–water partition coefficient (Wildman–Crippen LogP) is 6.97. The van der Waals surface area contributed by atoms with Crippen LogP contribution in [0, 0.1) is 11.8 Å². The zero-order valence-corrected chi connectivity index (χ0v) is 28.5. The van der Waals surface area contributed by atoms with Gasteiger partial charge in [-0.2, -0.15) is 0 Å². The number of fused-ring (bicyclic) bond motifs is 4. The molecule has 256 valence electrons. The van der Waals surface area contributed by atoms with E-state index in [0.717, 1.165) is 27.9 Å². The highest BCUT2D eigenvalue weighted by Gasteiger charge is 2.61. The first kappa shape index (κ1) is 32.0. The van der Waals surface area contributed by atoms with E-state index >= 15 is 0 Å². The lowest BCUT2D eigenvalue weighted by molar-refractivity contribution is -0.141. The van der Waals surface area contributed by atoms with Crippen molar-refractivity contribution in [3.8, 4) is 28.7 Å². The number of ether oxygens (including phenoxy) is 1. The Morgan fingerprint density at radius 1 is 1.00 bits per heavy atom. The number of carbonyl (C=O) groups is 2. The van der Waals surface area contributed by atoms with E-state index in [4.69, 9.17) is 23.5 Å². The fourth-order valence-corrected chi connectivity index (χ4v) is 7.74. The molecule has 50 heavy (non-hydrogen) atoms. The molecule has 1 amide bonds. The van der Waals surface area contributed by atoms with Gasteiger partial charge in [0.05, 0.1) is 6.20 Å². The molecule has 0 radical (unpaired) electrons. The Labute approximate surface area is 290 Å². The molecule has 10 nitrogen and oxygen atoms in total. The van der Waals surface area contributed by atoms with E-state index in [-0.39, 0.29) is 49.2 Å². The molecule has 0 fully saturated rings. The van der Waals surface area contributed by atoms with Gasteiger partial charge in [-0.15, -0.1) is 0 Å². The maximum Gasteiger partial charge on any atom is 0.249 e. The van der Waals surface area contributed by atoms with E-state index in [1.165, 1.54) is 0 Å². The summed E-state index contributed by atoms with van der Waals surface area (Å²) >= 11 is 0. The van der Waals surface area contributed by atoms with Crippen molar-refractivity contribution >= 4 is 17.4 Å². The summed E-state index contributed by atoms with van der Waals surface area (Å²) in [5.41, 5.74) is 2.34. The fraction of sp³-hybridized carbons (Fsp3) is 0.350. The van der Waals surface area contributed by atoms with Crippen molar-refractivity contribution in [3.63, 3.8) is 0 Å². The first-order valence-electron chi connectivity index (χ1n) is 17.4. The van der Waals surface area contributed by atoms with Gasteiger partial charge < -0.3 is 29.3 Å². The van der Waals surface area contributed by atoms with E-state index < -0.39 is 29.2 Å². The number of nitrogens with one attached hydrogen (secondary N) is 2. The van der Waals surface area contributed by atoms with Gasteiger partial charge in [0.15, 0.2) is 29.2 Å². The van der Waals surface area contributed by atoms with Crippen LogP contribution in [0.4, 0.5) is 5.69 Å². The summed E-state index contributed by atoms with van der Waals surface area (Å²) in [5.74, 6) is 0.782. The molecule has 2 aromatic heterocycles. The number of nitrogens with zero attached hydrogens (tertiary/aromatic N) is 2. The summed E-state index contributed by atoms with van der Waals surface area (Å²) in [6.07, 6.45) is 1.82. The van der Waals surface area contributed by atoms with Gasteiger partial charge in [0.2, 0.25) is 17.7 Å². The molecule has 0 saturated heterocycles.